The van der Waals surface area contributed by atoms with Crippen molar-refractivity contribution in [2.75, 3.05) is 0 Å². The molecule has 0 unspecified atom stereocenters. The van der Waals surface area contributed by atoms with Crippen molar-refractivity contribution in [3.8, 4) is 0 Å². The number of sulfonamides is 2. The first-order chi connectivity index (χ1) is 11.3. The SMILES string of the molecule is NC1CCC(NS(=O)(=O)c2ccc(S(=O)(=O)NC3CC3)cc2)CC1. The van der Waals surface area contributed by atoms with E-state index in [1.165, 1.54) is 24.3 Å². The maximum absolute atomic E-state index is 12.4. The normalized spacial score (nSPS) is 25.5. The molecule has 0 bridgehead atoms. The Kier molecular flexibility index (Phi) is 4.99. The second-order valence-electron chi connectivity index (χ2n) is 6.60. The van der Waals surface area contributed by atoms with Gasteiger partial charge in [0.2, 0.25) is 20.0 Å². The van der Waals surface area contributed by atoms with Crippen LogP contribution in [0.4, 0.5) is 0 Å². The Hall–Kier alpha value is -1.00. The topological polar surface area (TPSA) is 118 Å². The maximum atomic E-state index is 12.4. The van der Waals surface area contributed by atoms with E-state index in [2.05, 4.69) is 9.44 Å². The van der Waals surface area contributed by atoms with Crippen LogP contribution in [0.5, 0.6) is 0 Å². The van der Waals surface area contributed by atoms with Crippen molar-refractivity contribution >= 4 is 20.0 Å². The van der Waals surface area contributed by atoms with Crippen LogP contribution < -0.4 is 15.2 Å². The summed E-state index contributed by atoms with van der Waals surface area (Å²) in [4.78, 5) is 0.153. The second-order valence-corrected chi connectivity index (χ2v) is 10.0. The highest BCUT2D eigenvalue weighted by Gasteiger charge is 2.28. The molecular formula is C15H23N3O4S2. The molecule has 134 valence electrons. The van der Waals surface area contributed by atoms with E-state index in [4.69, 9.17) is 5.73 Å². The van der Waals surface area contributed by atoms with Gasteiger partial charge in [0.1, 0.15) is 0 Å². The van der Waals surface area contributed by atoms with E-state index in [-0.39, 0.29) is 27.9 Å². The quantitative estimate of drug-likeness (QED) is 0.677. The highest BCUT2D eigenvalue weighted by Crippen LogP contribution is 2.23. The molecule has 3 rings (SSSR count). The summed E-state index contributed by atoms with van der Waals surface area (Å²) in [6.45, 7) is 0. The standard InChI is InChI=1S/C15H23N3O4S2/c16-11-1-3-12(4-2-11)17-23(19,20)14-7-9-15(10-8-14)24(21,22)18-13-5-6-13/h7-13,17-18H,1-6,16H2. The molecule has 0 saturated heterocycles. The third-order valence-electron chi connectivity index (χ3n) is 4.44. The summed E-state index contributed by atoms with van der Waals surface area (Å²) in [6, 6.07) is 5.37. The van der Waals surface area contributed by atoms with Crippen LogP contribution in [0.1, 0.15) is 38.5 Å². The fraction of sp³-hybridized carbons (Fsp3) is 0.600. The Balaban J connectivity index is 1.69. The Bertz CT molecular complexity index is 779. The van der Waals surface area contributed by atoms with Gasteiger partial charge in [0.15, 0.2) is 0 Å². The van der Waals surface area contributed by atoms with Crippen LogP contribution >= 0.6 is 0 Å². The molecule has 0 aromatic heterocycles. The highest BCUT2D eigenvalue weighted by atomic mass is 32.2. The molecule has 7 nitrogen and oxygen atoms in total. The van der Waals surface area contributed by atoms with Gasteiger partial charge in [0.05, 0.1) is 9.79 Å². The van der Waals surface area contributed by atoms with Gasteiger partial charge in [-0.2, -0.15) is 0 Å². The van der Waals surface area contributed by atoms with Crippen LogP contribution in [0.3, 0.4) is 0 Å². The van der Waals surface area contributed by atoms with E-state index < -0.39 is 20.0 Å². The van der Waals surface area contributed by atoms with Crippen molar-refractivity contribution in [2.24, 2.45) is 5.73 Å². The number of nitrogens with one attached hydrogen (secondary N) is 2. The molecule has 0 spiro atoms. The van der Waals surface area contributed by atoms with Crippen molar-refractivity contribution < 1.29 is 16.8 Å². The molecule has 24 heavy (non-hydrogen) atoms. The van der Waals surface area contributed by atoms with E-state index >= 15 is 0 Å². The van der Waals surface area contributed by atoms with Gasteiger partial charge < -0.3 is 5.73 Å². The lowest BCUT2D eigenvalue weighted by Gasteiger charge is -2.26. The molecule has 4 N–H and O–H groups in total. The zero-order valence-corrected chi connectivity index (χ0v) is 14.9. The lowest BCUT2D eigenvalue weighted by atomic mass is 9.93. The third kappa shape index (κ3) is 4.34. The minimum atomic E-state index is -3.66. The molecule has 0 heterocycles. The number of nitrogens with two attached hydrogens (primary N) is 1. The first kappa shape index (κ1) is 17.8. The van der Waals surface area contributed by atoms with E-state index in [9.17, 15) is 16.8 Å². The molecular weight excluding hydrogens is 350 g/mol. The molecule has 0 atom stereocenters. The van der Waals surface area contributed by atoms with Gasteiger partial charge in [0.25, 0.3) is 0 Å². The maximum Gasteiger partial charge on any atom is 0.240 e. The van der Waals surface area contributed by atoms with E-state index in [1.54, 1.807) is 0 Å². The van der Waals surface area contributed by atoms with Gasteiger partial charge in [0, 0.05) is 18.1 Å². The van der Waals surface area contributed by atoms with Crippen LogP contribution in [0.25, 0.3) is 0 Å². The van der Waals surface area contributed by atoms with E-state index in [1.807, 2.05) is 0 Å². The molecule has 0 radical (unpaired) electrons. The third-order valence-corrected chi connectivity index (χ3v) is 7.51. The fourth-order valence-corrected chi connectivity index (χ4v) is 5.42. The summed E-state index contributed by atoms with van der Waals surface area (Å²) in [7, 11) is -7.23. The van der Waals surface area contributed by atoms with E-state index in [0.29, 0.717) is 0 Å². The number of hydrogen-bond donors (Lipinski definition) is 3. The minimum Gasteiger partial charge on any atom is -0.328 e. The largest absolute Gasteiger partial charge is 0.328 e. The predicted molar refractivity (Wildman–Crippen MR) is 90.3 cm³/mol. The number of benzene rings is 1. The fourth-order valence-electron chi connectivity index (χ4n) is 2.81. The molecule has 2 fully saturated rings. The van der Waals surface area contributed by atoms with Crippen LogP contribution in [-0.4, -0.2) is 35.0 Å². The van der Waals surface area contributed by atoms with Crippen LogP contribution in [-0.2, 0) is 20.0 Å². The molecule has 9 heteroatoms. The summed E-state index contributed by atoms with van der Waals surface area (Å²) in [5.41, 5.74) is 5.83. The summed E-state index contributed by atoms with van der Waals surface area (Å²) < 4.78 is 54.3. The first-order valence-electron chi connectivity index (χ1n) is 8.16. The van der Waals surface area contributed by atoms with Crippen LogP contribution in [0.2, 0.25) is 0 Å². The Morgan fingerprint density at radius 1 is 0.708 bits per heavy atom. The van der Waals surface area contributed by atoms with Gasteiger partial charge in [-0.25, -0.2) is 26.3 Å². The predicted octanol–water partition coefficient (Wildman–Crippen LogP) is 0.676. The Morgan fingerprint density at radius 3 is 1.38 bits per heavy atom. The van der Waals surface area contributed by atoms with Gasteiger partial charge in [-0.3, -0.25) is 0 Å². The van der Waals surface area contributed by atoms with Crippen molar-refractivity contribution in [2.45, 2.75) is 66.4 Å². The summed E-state index contributed by atoms with van der Waals surface area (Å²) in [5.74, 6) is 0. The Labute approximate surface area is 143 Å². The molecule has 1 aromatic carbocycles. The van der Waals surface area contributed by atoms with Crippen molar-refractivity contribution in [3.63, 3.8) is 0 Å². The smallest absolute Gasteiger partial charge is 0.240 e. The van der Waals surface area contributed by atoms with Gasteiger partial charge in [-0.15, -0.1) is 0 Å². The van der Waals surface area contributed by atoms with Crippen molar-refractivity contribution in [1.29, 1.82) is 0 Å². The van der Waals surface area contributed by atoms with Gasteiger partial charge in [-0.1, -0.05) is 0 Å². The van der Waals surface area contributed by atoms with Crippen molar-refractivity contribution in [3.05, 3.63) is 24.3 Å². The van der Waals surface area contributed by atoms with Gasteiger partial charge >= 0.3 is 0 Å². The lowest BCUT2D eigenvalue weighted by molar-refractivity contribution is 0.373. The average Bonchev–Trinajstić information content (AvgIpc) is 3.33. The zero-order chi connectivity index (χ0) is 17.4. The zero-order valence-electron chi connectivity index (χ0n) is 13.3. The average molecular weight is 374 g/mol. The lowest BCUT2D eigenvalue weighted by Crippen LogP contribution is -2.40. The first-order valence-corrected chi connectivity index (χ1v) is 11.1. The minimum absolute atomic E-state index is 0.0118. The molecule has 0 aliphatic heterocycles. The van der Waals surface area contributed by atoms with Crippen LogP contribution in [0, 0.1) is 0 Å². The monoisotopic (exact) mass is 373 g/mol. The molecule has 1 aromatic rings. The van der Waals surface area contributed by atoms with E-state index in [0.717, 1.165) is 38.5 Å². The van der Waals surface area contributed by atoms with Crippen molar-refractivity contribution in [1.82, 2.24) is 9.44 Å². The number of rotatable bonds is 6. The molecule has 0 amide bonds. The second kappa shape index (κ2) is 6.72. The summed E-state index contributed by atoms with van der Waals surface area (Å²) >= 11 is 0. The summed E-state index contributed by atoms with van der Waals surface area (Å²) in [6.07, 6.45) is 4.74. The highest BCUT2D eigenvalue weighted by molar-refractivity contribution is 7.90. The molecule has 2 aliphatic carbocycles. The summed E-state index contributed by atoms with van der Waals surface area (Å²) in [5, 5.41) is 0. The van der Waals surface area contributed by atoms with Crippen LogP contribution in [0.15, 0.2) is 34.1 Å². The Morgan fingerprint density at radius 2 is 1.04 bits per heavy atom. The molecule has 2 saturated carbocycles. The molecule has 2 aliphatic rings. The van der Waals surface area contributed by atoms with Gasteiger partial charge in [-0.05, 0) is 62.8 Å². The number of hydrogen-bond acceptors (Lipinski definition) is 5.